The average Bonchev–Trinajstić information content (AvgIpc) is 2.15. The second kappa shape index (κ2) is 4.73. The van der Waals surface area contributed by atoms with Crippen LogP contribution in [0.3, 0.4) is 0 Å². The molecule has 0 aromatic heterocycles. The Labute approximate surface area is 88.4 Å². The number of hydrogen-bond acceptors (Lipinski definition) is 2. The minimum absolute atomic E-state index is 0.151. The van der Waals surface area contributed by atoms with Crippen LogP contribution in [-0.2, 0) is 16.1 Å². The van der Waals surface area contributed by atoms with Crippen molar-refractivity contribution in [2.45, 2.75) is 20.5 Å². The number of benzene rings is 1. The molecular weight excluding hydrogens is 195 g/mol. The molecule has 80 valence electrons. The molecule has 0 bridgehead atoms. The van der Waals surface area contributed by atoms with Crippen molar-refractivity contribution in [1.82, 2.24) is 0 Å². The summed E-state index contributed by atoms with van der Waals surface area (Å²) in [7, 11) is 0. The van der Waals surface area contributed by atoms with Crippen LogP contribution < -0.4 is 0 Å². The van der Waals surface area contributed by atoms with E-state index in [4.69, 9.17) is 4.74 Å². The minimum Gasteiger partial charge on any atom is -0.457 e. The molecule has 0 heterocycles. The van der Waals surface area contributed by atoms with E-state index in [1.54, 1.807) is 19.9 Å². The van der Waals surface area contributed by atoms with Crippen molar-refractivity contribution < 1.29 is 13.9 Å². The fraction of sp³-hybridized carbons (Fsp3) is 0.250. The lowest BCUT2D eigenvalue weighted by Gasteiger charge is -2.07. The zero-order valence-corrected chi connectivity index (χ0v) is 8.84. The predicted molar refractivity (Wildman–Crippen MR) is 55.7 cm³/mol. The number of rotatable bonds is 3. The molecular formula is C12H13FO2. The molecule has 1 aromatic carbocycles. The van der Waals surface area contributed by atoms with Gasteiger partial charge in [0.05, 0.1) is 0 Å². The van der Waals surface area contributed by atoms with Gasteiger partial charge < -0.3 is 4.74 Å². The van der Waals surface area contributed by atoms with E-state index in [0.29, 0.717) is 5.57 Å². The summed E-state index contributed by atoms with van der Waals surface area (Å²) in [5.74, 6) is -0.721. The quantitative estimate of drug-likeness (QED) is 0.564. The van der Waals surface area contributed by atoms with Crippen molar-refractivity contribution in [2.24, 2.45) is 0 Å². The van der Waals surface area contributed by atoms with Gasteiger partial charge in [-0.25, -0.2) is 9.18 Å². The lowest BCUT2D eigenvalue weighted by Crippen LogP contribution is -2.05. The summed E-state index contributed by atoms with van der Waals surface area (Å²) in [5.41, 5.74) is 1.92. The highest BCUT2D eigenvalue weighted by Gasteiger charge is 2.05. The van der Waals surface area contributed by atoms with E-state index in [1.807, 2.05) is 0 Å². The van der Waals surface area contributed by atoms with E-state index in [9.17, 15) is 9.18 Å². The van der Waals surface area contributed by atoms with E-state index >= 15 is 0 Å². The van der Waals surface area contributed by atoms with Crippen molar-refractivity contribution in [1.29, 1.82) is 0 Å². The summed E-state index contributed by atoms with van der Waals surface area (Å²) < 4.78 is 17.7. The van der Waals surface area contributed by atoms with Gasteiger partial charge in [0.2, 0.25) is 0 Å². The maximum atomic E-state index is 12.8. The number of esters is 1. The number of aryl methyl sites for hydroxylation is 1. The summed E-state index contributed by atoms with van der Waals surface area (Å²) in [6.45, 7) is 6.97. The highest BCUT2D eigenvalue weighted by atomic mass is 19.1. The van der Waals surface area contributed by atoms with Crippen LogP contribution in [0.1, 0.15) is 18.1 Å². The third kappa shape index (κ3) is 3.20. The first-order chi connectivity index (χ1) is 7.00. The molecule has 0 saturated heterocycles. The molecule has 0 amide bonds. The van der Waals surface area contributed by atoms with Gasteiger partial charge in [-0.3, -0.25) is 0 Å². The number of halogens is 1. The Morgan fingerprint density at radius 1 is 1.53 bits per heavy atom. The number of hydrogen-bond donors (Lipinski definition) is 0. The Kier molecular flexibility index (Phi) is 3.61. The van der Waals surface area contributed by atoms with Crippen LogP contribution in [0, 0.1) is 12.7 Å². The van der Waals surface area contributed by atoms with Crippen LogP contribution in [0.15, 0.2) is 30.4 Å². The van der Waals surface area contributed by atoms with E-state index in [0.717, 1.165) is 11.1 Å². The van der Waals surface area contributed by atoms with Crippen molar-refractivity contribution in [3.8, 4) is 0 Å². The zero-order valence-electron chi connectivity index (χ0n) is 8.84. The van der Waals surface area contributed by atoms with Gasteiger partial charge in [0.15, 0.2) is 0 Å². The average molecular weight is 208 g/mol. The molecule has 2 nitrogen and oxygen atoms in total. The highest BCUT2D eigenvalue weighted by molar-refractivity contribution is 5.86. The van der Waals surface area contributed by atoms with E-state index in [2.05, 4.69) is 6.58 Å². The first kappa shape index (κ1) is 11.4. The normalized spacial score (nSPS) is 9.80. The molecule has 0 unspecified atom stereocenters. The van der Waals surface area contributed by atoms with E-state index in [1.165, 1.54) is 12.1 Å². The molecule has 0 N–H and O–H groups in total. The zero-order chi connectivity index (χ0) is 11.4. The van der Waals surface area contributed by atoms with Gasteiger partial charge in [-0.15, -0.1) is 0 Å². The van der Waals surface area contributed by atoms with Gasteiger partial charge in [0, 0.05) is 5.57 Å². The van der Waals surface area contributed by atoms with Gasteiger partial charge in [-0.2, -0.15) is 0 Å². The number of ether oxygens (including phenoxy) is 1. The molecule has 0 aliphatic carbocycles. The molecule has 0 saturated carbocycles. The summed E-state index contributed by atoms with van der Waals surface area (Å²) in [5, 5.41) is 0. The van der Waals surface area contributed by atoms with Crippen molar-refractivity contribution in [2.75, 3.05) is 0 Å². The first-order valence-corrected chi connectivity index (χ1v) is 4.58. The van der Waals surface area contributed by atoms with Crippen LogP contribution in [-0.4, -0.2) is 5.97 Å². The molecule has 0 atom stereocenters. The van der Waals surface area contributed by atoms with Gasteiger partial charge in [0.1, 0.15) is 12.4 Å². The van der Waals surface area contributed by atoms with E-state index < -0.39 is 5.97 Å². The lowest BCUT2D eigenvalue weighted by molar-refractivity contribution is -0.140. The third-order valence-electron chi connectivity index (χ3n) is 2.01. The fourth-order valence-electron chi connectivity index (χ4n) is 1.09. The lowest BCUT2D eigenvalue weighted by atomic mass is 10.1. The van der Waals surface area contributed by atoms with Crippen molar-refractivity contribution >= 4 is 5.97 Å². The fourth-order valence-corrected chi connectivity index (χ4v) is 1.09. The standard InChI is InChI=1S/C12H13FO2/c1-8(2)12(14)15-7-10-4-5-11(13)6-9(10)3/h4-6H,1,7H2,2-3H3. The van der Waals surface area contributed by atoms with Gasteiger partial charge in [-0.1, -0.05) is 12.6 Å². The minimum atomic E-state index is -0.432. The van der Waals surface area contributed by atoms with Crippen LogP contribution >= 0.6 is 0 Å². The van der Waals surface area contributed by atoms with Gasteiger partial charge >= 0.3 is 5.97 Å². The van der Waals surface area contributed by atoms with Crippen molar-refractivity contribution in [3.63, 3.8) is 0 Å². The Morgan fingerprint density at radius 3 is 2.73 bits per heavy atom. The molecule has 0 spiro atoms. The Morgan fingerprint density at radius 2 is 2.20 bits per heavy atom. The first-order valence-electron chi connectivity index (χ1n) is 4.58. The molecule has 0 fully saturated rings. The SMILES string of the molecule is C=C(C)C(=O)OCc1ccc(F)cc1C. The Balaban J connectivity index is 2.66. The summed E-state index contributed by atoms with van der Waals surface area (Å²) >= 11 is 0. The summed E-state index contributed by atoms with van der Waals surface area (Å²) in [6, 6.07) is 4.36. The largest absolute Gasteiger partial charge is 0.457 e. The number of carbonyl (C=O) groups is 1. The highest BCUT2D eigenvalue weighted by Crippen LogP contribution is 2.11. The Bertz CT molecular complexity index is 397. The molecule has 15 heavy (non-hydrogen) atoms. The maximum Gasteiger partial charge on any atom is 0.333 e. The van der Waals surface area contributed by atoms with Gasteiger partial charge in [-0.05, 0) is 37.1 Å². The van der Waals surface area contributed by atoms with Crippen LogP contribution in [0.25, 0.3) is 0 Å². The second-order valence-corrected chi connectivity index (χ2v) is 3.43. The summed E-state index contributed by atoms with van der Waals surface area (Å²) in [4.78, 5) is 11.1. The molecule has 3 heteroatoms. The molecule has 0 radical (unpaired) electrons. The molecule has 0 aliphatic rings. The maximum absolute atomic E-state index is 12.8. The smallest absolute Gasteiger partial charge is 0.333 e. The third-order valence-corrected chi connectivity index (χ3v) is 2.01. The van der Waals surface area contributed by atoms with Crippen LogP contribution in [0.4, 0.5) is 4.39 Å². The topological polar surface area (TPSA) is 26.3 Å². The molecule has 0 aliphatic heterocycles. The van der Waals surface area contributed by atoms with Crippen LogP contribution in [0.2, 0.25) is 0 Å². The van der Waals surface area contributed by atoms with Crippen molar-refractivity contribution in [3.05, 3.63) is 47.3 Å². The van der Waals surface area contributed by atoms with Crippen LogP contribution in [0.5, 0.6) is 0 Å². The van der Waals surface area contributed by atoms with E-state index in [-0.39, 0.29) is 12.4 Å². The summed E-state index contributed by atoms with van der Waals surface area (Å²) in [6.07, 6.45) is 0. The number of carbonyl (C=O) groups excluding carboxylic acids is 1. The Hall–Kier alpha value is -1.64. The molecule has 1 aromatic rings. The molecule has 1 rings (SSSR count). The van der Waals surface area contributed by atoms with Gasteiger partial charge in [0.25, 0.3) is 0 Å². The monoisotopic (exact) mass is 208 g/mol. The second-order valence-electron chi connectivity index (χ2n) is 3.43. The predicted octanol–water partition coefficient (Wildman–Crippen LogP) is 2.75.